The van der Waals surface area contributed by atoms with Crippen LogP contribution in [0.4, 0.5) is 0 Å². The zero-order chi connectivity index (χ0) is 39.7. The quantitative estimate of drug-likeness (QED) is 0.0232. The first-order valence-corrected chi connectivity index (χ1v) is 17.5. The molecule has 0 aliphatic carbocycles. The Bertz CT molecular complexity index is 1660. The van der Waals surface area contributed by atoms with Gasteiger partial charge in [-0.05, 0) is 37.1 Å². The fourth-order valence-electron chi connectivity index (χ4n) is 4.89. The summed E-state index contributed by atoms with van der Waals surface area (Å²) in [4.78, 5) is 107. The van der Waals surface area contributed by atoms with Gasteiger partial charge in [0.25, 0.3) is 11.8 Å². The summed E-state index contributed by atoms with van der Waals surface area (Å²) in [5.41, 5.74) is -0.120. The van der Waals surface area contributed by atoms with Crippen molar-refractivity contribution in [3.63, 3.8) is 0 Å². The number of nitrogens with zero attached hydrogens (tertiary/aromatic N) is 1. The van der Waals surface area contributed by atoms with Crippen molar-refractivity contribution in [1.29, 1.82) is 0 Å². The number of amides is 4. The molecule has 0 aliphatic rings. The number of unbranched alkanes of at least 4 members (excludes halogenated alkanes) is 2. The Labute approximate surface area is 301 Å². The topological polar surface area (TPSA) is 318 Å². The summed E-state index contributed by atoms with van der Waals surface area (Å²) in [7, 11) is -4.89. The minimum atomic E-state index is -4.89. The number of nitrogens with one attached hydrogen (secondary N) is 3. The number of phosphoric acid groups is 1. The van der Waals surface area contributed by atoms with Crippen molar-refractivity contribution in [3.8, 4) is 17.1 Å². The molecule has 3 atom stereocenters. The molecule has 21 nitrogen and oxygen atoms in total. The highest BCUT2D eigenvalue weighted by atomic mass is 31.2. The molecule has 0 saturated heterocycles. The maximum absolute atomic E-state index is 13.3. The molecule has 1 heterocycles. The lowest BCUT2D eigenvalue weighted by Gasteiger charge is -2.32. The minimum Gasteiger partial charge on any atom is -0.481 e. The number of rotatable bonds is 25. The van der Waals surface area contributed by atoms with Gasteiger partial charge in [-0.25, -0.2) is 24.1 Å². The zero-order valence-electron chi connectivity index (χ0n) is 28.6. The number of carboxylic acid groups (broad SMARTS) is 3. The van der Waals surface area contributed by atoms with Crippen LogP contribution in [-0.4, -0.2) is 104 Å². The molecule has 0 bridgehead atoms. The molecule has 0 aliphatic heterocycles. The first-order valence-electron chi connectivity index (χ1n) is 16.0. The second-order valence-corrected chi connectivity index (χ2v) is 12.4. The van der Waals surface area contributed by atoms with Crippen LogP contribution in [0, 0.1) is 5.92 Å². The van der Waals surface area contributed by atoms with E-state index in [1.807, 2.05) is 12.2 Å². The fraction of sp³-hybridized carbons (Fsp3) is 0.452. The van der Waals surface area contributed by atoms with E-state index in [0.29, 0.717) is 12.8 Å². The lowest BCUT2D eigenvalue weighted by atomic mass is 9.90. The van der Waals surface area contributed by atoms with Crippen LogP contribution in [0.25, 0.3) is 11.3 Å². The van der Waals surface area contributed by atoms with E-state index in [9.17, 15) is 43.2 Å². The van der Waals surface area contributed by atoms with Gasteiger partial charge in [-0.15, -0.1) is 0 Å². The number of hydrogen-bond donors (Lipinski definition) is 8. The molecule has 1 aromatic heterocycles. The molecule has 4 amide bonds. The van der Waals surface area contributed by atoms with E-state index in [1.54, 1.807) is 6.92 Å². The lowest BCUT2D eigenvalue weighted by molar-refractivity contribution is -0.221. The molecule has 292 valence electrons. The number of carbonyl (C=O) groups is 7. The van der Waals surface area contributed by atoms with Gasteiger partial charge in [0.2, 0.25) is 12.3 Å². The number of hydrogen-bond acceptors (Lipinski definition) is 12. The van der Waals surface area contributed by atoms with E-state index in [2.05, 4.69) is 15.2 Å². The Morgan fingerprint density at radius 2 is 1.68 bits per heavy atom. The standard InChI is InChI=1S/C31H41N4O17P/c1-3-5-6-7-19(22(4-2)35(16-36)50-17-51-53(46,47)48)28(41)32-15-33-30(43)24-11-10-23(52-24)18-8-9-20(25(12-18)49-14-27(39)40)29(42)34-21(31(44)45)13-26(37)38/h8-12,16,19,21-22H,3-7,13-15,17H2,1-2H3,(H,32,41)(H,33,43)(H,34,42)(H,37,38)(H,39,40)(H,44,45)(H2,46,47,48)/t19-,21+,22-/m1/s1. The Morgan fingerprint density at radius 1 is 0.962 bits per heavy atom. The maximum Gasteiger partial charge on any atom is 0.471 e. The number of benzene rings is 1. The number of furan rings is 1. The summed E-state index contributed by atoms with van der Waals surface area (Å²) in [5, 5.41) is 35.1. The summed E-state index contributed by atoms with van der Waals surface area (Å²) in [6.07, 6.45) is 2.04. The second-order valence-electron chi connectivity index (χ2n) is 11.2. The predicted molar refractivity (Wildman–Crippen MR) is 178 cm³/mol. The molecule has 1 aromatic carbocycles. The number of aliphatic carboxylic acids is 3. The second kappa shape index (κ2) is 21.2. The van der Waals surface area contributed by atoms with Crippen molar-refractivity contribution in [2.75, 3.05) is 20.1 Å². The Kier molecular flexibility index (Phi) is 17.6. The van der Waals surface area contributed by atoms with Gasteiger partial charge >= 0.3 is 25.7 Å². The van der Waals surface area contributed by atoms with Gasteiger partial charge in [0, 0.05) is 5.56 Å². The number of carbonyl (C=O) groups excluding carboxylic acids is 4. The smallest absolute Gasteiger partial charge is 0.471 e. The monoisotopic (exact) mass is 772 g/mol. The lowest BCUT2D eigenvalue weighted by Crippen LogP contribution is -2.48. The van der Waals surface area contributed by atoms with Crippen molar-refractivity contribution in [3.05, 3.63) is 41.7 Å². The highest BCUT2D eigenvalue weighted by Gasteiger charge is 2.32. The minimum absolute atomic E-state index is 0.0547. The number of phosphoric ester groups is 1. The van der Waals surface area contributed by atoms with Crippen molar-refractivity contribution in [1.82, 2.24) is 21.0 Å². The highest BCUT2D eigenvalue weighted by molar-refractivity contribution is 7.46. The van der Waals surface area contributed by atoms with Crippen molar-refractivity contribution >= 4 is 49.9 Å². The van der Waals surface area contributed by atoms with E-state index in [0.717, 1.165) is 24.0 Å². The SMILES string of the molecule is CCCCC[C@@H](C(=O)NCNC(=O)c1ccc(-c2ccc(C(=O)N[C@@H](CC(=O)O)C(=O)O)c(OCC(=O)O)c2)o1)[C@@H](CC)N(C=O)OCOP(=O)(O)O. The predicted octanol–water partition coefficient (Wildman–Crippen LogP) is 1.30. The molecule has 53 heavy (non-hydrogen) atoms. The first-order chi connectivity index (χ1) is 25.0. The zero-order valence-corrected chi connectivity index (χ0v) is 29.5. The number of carboxylic acids is 3. The van der Waals surface area contributed by atoms with Gasteiger partial charge in [0.15, 0.2) is 19.2 Å². The Hall–Kier alpha value is -5.34. The van der Waals surface area contributed by atoms with Gasteiger partial charge in [-0.3, -0.25) is 28.5 Å². The van der Waals surface area contributed by atoms with Crippen LogP contribution in [0.2, 0.25) is 0 Å². The molecule has 0 spiro atoms. The normalized spacial score (nSPS) is 12.8. The first kappa shape index (κ1) is 43.8. The van der Waals surface area contributed by atoms with Gasteiger partial charge in [0.1, 0.15) is 17.6 Å². The molecule has 22 heteroatoms. The van der Waals surface area contributed by atoms with Crippen LogP contribution in [0.15, 0.2) is 34.7 Å². The van der Waals surface area contributed by atoms with Crippen LogP contribution in [0.3, 0.4) is 0 Å². The summed E-state index contributed by atoms with van der Waals surface area (Å²) in [5.74, 6) is -8.25. The third-order valence-corrected chi connectivity index (χ3v) is 7.82. The molecule has 8 N–H and O–H groups in total. The van der Waals surface area contributed by atoms with Gasteiger partial charge in [0.05, 0.1) is 30.6 Å². The summed E-state index contributed by atoms with van der Waals surface area (Å²) < 4.78 is 26.0. The van der Waals surface area contributed by atoms with Gasteiger partial charge < -0.3 is 50.2 Å². The van der Waals surface area contributed by atoms with E-state index >= 15 is 0 Å². The Balaban J connectivity index is 2.18. The van der Waals surface area contributed by atoms with Crippen LogP contribution >= 0.6 is 7.82 Å². The van der Waals surface area contributed by atoms with Crippen molar-refractivity contribution < 1.29 is 81.7 Å². The molecule has 0 unspecified atom stereocenters. The van der Waals surface area contributed by atoms with Crippen molar-refractivity contribution in [2.24, 2.45) is 5.92 Å². The number of ether oxygens (including phenoxy) is 1. The molecular weight excluding hydrogens is 731 g/mol. The number of hydroxylamine groups is 2. The third-order valence-electron chi connectivity index (χ3n) is 7.38. The van der Waals surface area contributed by atoms with E-state index in [-0.39, 0.29) is 47.9 Å². The van der Waals surface area contributed by atoms with Crippen LogP contribution in [0.1, 0.15) is 73.3 Å². The highest BCUT2D eigenvalue weighted by Crippen LogP contribution is 2.35. The average Bonchev–Trinajstić information content (AvgIpc) is 3.59. The average molecular weight is 773 g/mol. The summed E-state index contributed by atoms with van der Waals surface area (Å²) in [6.45, 7) is 1.39. The Morgan fingerprint density at radius 3 is 2.26 bits per heavy atom. The molecule has 0 radical (unpaired) electrons. The molecule has 0 saturated carbocycles. The summed E-state index contributed by atoms with van der Waals surface area (Å²) in [6, 6.07) is 3.67. The van der Waals surface area contributed by atoms with Crippen LogP contribution in [-0.2, 0) is 37.9 Å². The fourth-order valence-corrected chi connectivity index (χ4v) is 5.07. The molecule has 2 rings (SSSR count). The molecule has 2 aromatic rings. The van der Waals surface area contributed by atoms with Crippen LogP contribution in [0.5, 0.6) is 5.75 Å². The van der Waals surface area contributed by atoms with E-state index in [4.69, 9.17) is 34.0 Å². The van der Waals surface area contributed by atoms with Gasteiger partial charge in [-0.2, -0.15) is 0 Å². The van der Waals surface area contributed by atoms with Gasteiger partial charge in [-0.1, -0.05) is 39.2 Å². The maximum atomic E-state index is 13.3. The molecular formula is C31H41N4O17P. The third kappa shape index (κ3) is 14.7. The van der Waals surface area contributed by atoms with E-state index in [1.165, 1.54) is 24.3 Å². The van der Waals surface area contributed by atoms with Crippen molar-refractivity contribution in [2.45, 2.75) is 64.5 Å². The molecule has 0 fully saturated rings. The van der Waals surface area contributed by atoms with Crippen LogP contribution < -0.4 is 20.7 Å². The largest absolute Gasteiger partial charge is 0.481 e. The van der Waals surface area contributed by atoms with E-state index < -0.39 is 81.3 Å². The summed E-state index contributed by atoms with van der Waals surface area (Å²) >= 11 is 0.